The van der Waals surface area contributed by atoms with Crippen molar-refractivity contribution in [2.45, 2.75) is 39.5 Å². The number of nitrogens with zero attached hydrogens (tertiary/aromatic N) is 1. The zero-order valence-corrected chi connectivity index (χ0v) is 21.1. The second kappa shape index (κ2) is 12.7. The van der Waals surface area contributed by atoms with Gasteiger partial charge in [0.25, 0.3) is 5.91 Å². The molecule has 9 nitrogen and oxygen atoms in total. The molecule has 0 atom stereocenters. The van der Waals surface area contributed by atoms with E-state index in [1.54, 1.807) is 87.8 Å². The summed E-state index contributed by atoms with van der Waals surface area (Å²) in [6.45, 7) is 5.86. The number of aromatic nitrogens is 1. The predicted octanol–water partition coefficient (Wildman–Crippen LogP) is 5.76. The molecule has 0 spiro atoms. The topological polar surface area (TPSA) is 119 Å². The van der Waals surface area contributed by atoms with E-state index in [2.05, 4.69) is 20.9 Å². The van der Waals surface area contributed by atoms with Crippen LogP contribution in [-0.4, -0.2) is 27.8 Å². The van der Waals surface area contributed by atoms with Crippen molar-refractivity contribution in [1.29, 1.82) is 0 Å². The molecular weight excluding hydrogens is 480 g/mol. The molecule has 3 amide bonds. The van der Waals surface area contributed by atoms with Gasteiger partial charge in [0.15, 0.2) is 0 Å². The minimum Gasteiger partial charge on any atom is -0.444 e. The lowest BCUT2D eigenvalue weighted by Gasteiger charge is -2.20. The SMILES string of the molecule is CC(C)(C)OC(=O)Nc1ccccc1NC(=O)c1ccc(CNC(=O)SOCc2cccnc2)cc1. The maximum Gasteiger partial charge on any atom is 0.412 e. The lowest BCUT2D eigenvalue weighted by atomic mass is 10.1. The molecule has 3 rings (SSSR count). The molecule has 0 saturated heterocycles. The number of rotatable bonds is 8. The third kappa shape index (κ3) is 9.05. The monoisotopic (exact) mass is 508 g/mol. The largest absolute Gasteiger partial charge is 0.444 e. The van der Waals surface area contributed by atoms with Crippen LogP contribution in [0.3, 0.4) is 0 Å². The van der Waals surface area contributed by atoms with Gasteiger partial charge in [-0.15, -0.1) is 0 Å². The van der Waals surface area contributed by atoms with Gasteiger partial charge >= 0.3 is 11.3 Å². The highest BCUT2D eigenvalue weighted by atomic mass is 32.2. The Morgan fingerprint density at radius 2 is 1.58 bits per heavy atom. The Bertz CT molecular complexity index is 1180. The minimum atomic E-state index is -0.644. The van der Waals surface area contributed by atoms with Crippen LogP contribution in [0, 0.1) is 0 Å². The van der Waals surface area contributed by atoms with Gasteiger partial charge in [0, 0.05) is 24.5 Å². The van der Waals surface area contributed by atoms with Crippen molar-refractivity contribution in [2.24, 2.45) is 0 Å². The van der Waals surface area contributed by atoms with E-state index in [0.717, 1.165) is 23.2 Å². The molecule has 0 aliphatic carbocycles. The molecule has 0 saturated carbocycles. The normalized spacial score (nSPS) is 10.9. The van der Waals surface area contributed by atoms with Crippen LogP contribution in [0.25, 0.3) is 0 Å². The number of carbonyl (C=O) groups excluding carboxylic acids is 3. The smallest absolute Gasteiger partial charge is 0.412 e. The molecule has 0 unspecified atom stereocenters. The number of para-hydroxylation sites is 2. The van der Waals surface area contributed by atoms with Gasteiger partial charge in [-0.1, -0.05) is 30.3 Å². The van der Waals surface area contributed by atoms with Crippen molar-refractivity contribution in [3.05, 3.63) is 89.7 Å². The first-order valence-electron chi connectivity index (χ1n) is 11.1. The average Bonchev–Trinajstić information content (AvgIpc) is 2.84. The van der Waals surface area contributed by atoms with Crippen LogP contribution in [0.1, 0.15) is 42.3 Å². The van der Waals surface area contributed by atoms with E-state index in [9.17, 15) is 14.4 Å². The van der Waals surface area contributed by atoms with Gasteiger partial charge in [-0.25, -0.2) is 4.79 Å². The summed E-state index contributed by atoms with van der Waals surface area (Å²) >= 11 is 0.727. The Kier molecular flexibility index (Phi) is 9.43. The van der Waals surface area contributed by atoms with Crippen LogP contribution < -0.4 is 16.0 Å². The van der Waals surface area contributed by atoms with Gasteiger partial charge in [-0.3, -0.25) is 19.9 Å². The summed E-state index contributed by atoms with van der Waals surface area (Å²) in [6, 6.07) is 17.3. The molecule has 2 aromatic carbocycles. The second-order valence-electron chi connectivity index (χ2n) is 8.67. The summed E-state index contributed by atoms with van der Waals surface area (Å²) in [6.07, 6.45) is 2.73. The van der Waals surface area contributed by atoms with Gasteiger partial charge in [0.2, 0.25) is 0 Å². The summed E-state index contributed by atoms with van der Waals surface area (Å²) in [5.41, 5.74) is 2.33. The molecule has 0 bridgehead atoms. The van der Waals surface area contributed by atoms with Gasteiger partial charge in [0.05, 0.1) is 30.0 Å². The van der Waals surface area contributed by atoms with Crippen molar-refractivity contribution in [3.63, 3.8) is 0 Å². The van der Waals surface area contributed by atoms with E-state index in [-0.39, 0.29) is 24.3 Å². The number of hydrogen-bond acceptors (Lipinski definition) is 7. The highest BCUT2D eigenvalue weighted by molar-refractivity contribution is 8.09. The van der Waals surface area contributed by atoms with Gasteiger partial charge in [-0.05, 0) is 62.2 Å². The molecular formula is C26H28N4O5S. The van der Waals surface area contributed by atoms with E-state index < -0.39 is 11.7 Å². The molecule has 0 aliphatic rings. The molecule has 3 aromatic rings. The fourth-order valence-electron chi connectivity index (χ4n) is 2.92. The highest BCUT2D eigenvalue weighted by Gasteiger charge is 2.18. The molecule has 3 N–H and O–H groups in total. The summed E-state index contributed by atoms with van der Waals surface area (Å²) in [5.74, 6) is -0.344. The van der Waals surface area contributed by atoms with Crippen LogP contribution in [0.2, 0.25) is 0 Å². The number of nitrogens with one attached hydrogen (secondary N) is 3. The number of carbonyl (C=O) groups is 3. The van der Waals surface area contributed by atoms with E-state index in [1.165, 1.54) is 0 Å². The third-order valence-electron chi connectivity index (χ3n) is 4.55. The maximum absolute atomic E-state index is 12.7. The number of ether oxygens (including phenoxy) is 1. The van der Waals surface area contributed by atoms with Crippen molar-refractivity contribution >= 4 is 40.7 Å². The molecule has 0 fully saturated rings. The van der Waals surface area contributed by atoms with E-state index in [4.69, 9.17) is 8.92 Å². The lowest BCUT2D eigenvalue weighted by Crippen LogP contribution is -2.27. The molecule has 1 aromatic heterocycles. The standard InChI is InChI=1S/C26H28N4O5S/c1-26(2,3)35-24(32)30-22-9-5-4-8-21(22)29-23(31)20-12-10-18(11-13-20)16-28-25(33)36-34-17-19-7-6-14-27-15-19/h4-15H,16-17H2,1-3H3,(H,28,33)(H,29,31)(H,30,32). The zero-order valence-electron chi connectivity index (χ0n) is 20.2. The summed E-state index contributed by atoms with van der Waals surface area (Å²) in [4.78, 5) is 40.8. The van der Waals surface area contributed by atoms with Crippen molar-refractivity contribution < 1.29 is 23.3 Å². The Labute approximate surface area is 214 Å². The number of benzene rings is 2. The first kappa shape index (κ1) is 26.7. The molecule has 10 heteroatoms. The first-order valence-corrected chi connectivity index (χ1v) is 11.9. The van der Waals surface area contributed by atoms with Gasteiger partial charge in [0.1, 0.15) is 5.60 Å². The van der Waals surface area contributed by atoms with E-state index >= 15 is 0 Å². The van der Waals surface area contributed by atoms with Crippen LogP contribution in [0.5, 0.6) is 0 Å². The van der Waals surface area contributed by atoms with Crippen molar-refractivity contribution in [1.82, 2.24) is 10.3 Å². The number of anilines is 2. The second-order valence-corrected chi connectivity index (χ2v) is 9.44. The van der Waals surface area contributed by atoms with Crippen LogP contribution in [0.15, 0.2) is 73.1 Å². The number of hydrogen-bond donors (Lipinski definition) is 3. The predicted molar refractivity (Wildman–Crippen MR) is 140 cm³/mol. The van der Waals surface area contributed by atoms with Crippen molar-refractivity contribution in [2.75, 3.05) is 10.6 Å². The fraction of sp³-hybridized carbons (Fsp3) is 0.231. The molecule has 0 aliphatic heterocycles. The highest BCUT2D eigenvalue weighted by Crippen LogP contribution is 2.23. The van der Waals surface area contributed by atoms with Gasteiger partial charge < -0.3 is 19.6 Å². The zero-order chi connectivity index (χ0) is 26.0. The summed E-state index contributed by atoms with van der Waals surface area (Å²) in [5, 5.41) is 7.87. The molecule has 188 valence electrons. The first-order chi connectivity index (χ1) is 17.2. The minimum absolute atomic E-state index is 0.270. The Balaban J connectivity index is 1.48. The molecule has 36 heavy (non-hydrogen) atoms. The third-order valence-corrected chi connectivity index (χ3v) is 5.08. The molecule has 0 radical (unpaired) electrons. The van der Waals surface area contributed by atoms with Crippen molar-refractivity contribution in [3.8, 4) is 0 Å². The molecule has 1 heterocycles. The van der Waals surface area contributed by atoms with Gasteiger partial charge in [-0.2, -0.15) is 0 Å². The Hall–Kier alpha value is -3.89. The number of pyridine rings is 1. The van der Waals surface area contributed by atoms with E-state index in [1.807, 2.05) is 6.07 Å². The average molecular weight is 509 g/mol. The fourth-order valence-corrected chi connectivity index (χ4v) is 3.35. The summed E-state index contributed by atoms with van der Waals surface area (Å²) < 4.78 is 10.6. The Morgan fingerprint density at radius 1 is 0.889 bits per heavy atom. The van der Waals surface area contributed by atoms with Crippen LogP contribution in [-0.2, 0) is 22.1 Å². The Morgan fingerprint density at radius 3 is 2.22 bits per heavy atom. The lowest BCUT2D eigenvalue weighted by molar-refractivity contribution is 0.0635. The quantitative estimate of drug-likeness (QED) is 0.331. The summed E-state index contributed by atoms with van der Waals surface area (Å²) in [7, 11) is 0. The maximum atomic E-state index is 12.7. The van der Waals surface area contributed by atoms with Crippen LogP contribution in [0.4, 0.5) is 21.0 Å². The van der Waals surface area contributed by atoms with E-state index in [0.29, 0.717) is 16.9 Å². The number of amides is 3. The van der Waals surface area contributed by atoms with Crippen LogP contribution >= 0.6 is 12.0 Å².